The highest BCUT2D eigenvalue weighted by molar-refractivity contribution is 9.11. The monoisotopic (exact) mass is 480 g/mol. The summed E-state index contributed by atoms with van der Waals surface area (Å²) in [7, 11) is 1.38. The van der Waals surface area contributed by atoms with Crippen LogP contribution in [0.5, 0.6) is 0 Å². The average Bonchev–Trinajstić information content (AvgIpc) is 3.39. The van der Waals surface area contributed by atoms with Crippen LogP contribution in [0.25, 0.3) is 0 Å². The van der Waals surface area contributed by atoms with Gasteiger partial charge in [-0.1, -0.05) is 12.1 Å². The van der Waals surface area contributed by atoms with Crippen LogP contribution in [-0.2, 0) is 11.3 Å². The van der Waals surface area contributed by atoms with E-state index < -0.39 is 5.67 Å². The predicted octanol–water partition coefficient (Wildman–Crippen LogP) is 4.75. The molecule has 1 aromatic carbocycles. The molecule has 0 amide bonds. The number of hydrogen-bond donors (Lipinski definition) is 1. The number of alkyl halides is 1. The highest BCUT2D eigenvalue weighted by Gasteiger charge is 2.42. The minimum absolute atomic E-state index is 0.325. The molecule has 0 spiro atoms. The number of halogens is 2. The summed E-state index contributed by atoms with van der Waals surface area (Å²) in [6, 6.07) is 12.1. The third-order valence-electron chi connectivity index (χ3n) is 5.96. The van der Waals surface area contributed by atoms with Crippen molar-refractivity contribution in [3.8, 4) is 0 Å². The first kappa shape index (κ1) is 21.0. The van der Waals surface area contributed by atoms with Crippen LogP contribution in [0.2, 0.25) is 0 Å². The maximum Gasteiger partial charge on any atom is 0.337 e. The lowest BCUT2D eigenvalue weighted by atomic mass is 9.93. The molecule has 2 unspecified atom stereocenters. The Morgan fingerprint density at radius 2 is 2.00 bits per heavy atom. The van der Waals surface area contributed by atoms with Gasteiger partial charge in [0.1, 0.15) is 5.67 Å². The smallest absolute Gasteiger partial charge is 0.337 e. The summed E-state index contributed by atoms with van der Waals surface area (Å²) in [5.41, 5.74) is 0.566. The molecule has 29 heavy (non-hydrogen) atoms. The quantitative estimate of drug-likeness (QED) is 0.580. The fourth-order valence-electron chi connectivity index (χ4n) is 3.99. The first-order valence-electron chi connectivity index (χ1n) is 10.0. The van der Waals surface area contributed by atoms with E-state index in [1.165, 1.54) is 12.0 Å². The summed E-state index contributed by atoms with van der Waals surface area (Å²) >= 11 is 5.29. The Morgan fingerprint density at radius 1 is 1.28 bits per heavy atom. The Labute approximate surface area is 183 Å². The molecule has 4 nitrogen and oxygen atoms in total. The Balaban J connectivity index is 1.21. The van der Waals surface area contributed by atoms with E-state index >= 15 is 4.39 Å². The van der Waals surface area contributed by atoms with Crippen LogP contribution in [0.1, 0.15) is 46.0 Å². The van der Waals surface area contributed by atoms with Crippen LogP contribution >= 0.6 is 27.3 Å². The molecule has 2 heterocycles. The van der Waals surface area contributed by atoms with E-state index in [0.717, 1.165) is 35.4 Å². The number of esters is 1. The van der Waals surface area contributed by atoms with Gasteiger partial charge in [-0.15, -0.1) is 11.3 Å². The van der Waals surface area contributed by atoms with E-state index in [4.69, 9.17) is 4.74 Å². The van der Waals surface area contributed by atoms with Crippen molar-refractivity contribution in [2.75, 3.05) is 26.7 Å². The SMILES string of the molecule is COC(=O)c1ccc(CN2CCC(F)(CNC3CC3c3ccc(Br)s3)CC2)cc1. The van der Waals surface area contributed by atoms with Crippen LogP contribution in [0, 0.1) is 0 Å². The minimum atomic E-state index is -1.12. The molecule has 7 heteroatoms. The predicted molar refractivity (Wildman–Crippen MR) is 117 cm³/mol. The van der Waals surface area contributed by atoms with Gasteiger partial charge in [0, 0.05) is 43.0 Å². The summed E-state index contributed by atoms with van der Waals surface area (Å²) in [5.74, 6) is 0.219. The van der Waals surface area contributed by atoms with Crippen molar-refractivity contribution in [3.63, 3.8) is 0 Å². The molecular weight excluding hydrogens is 455 g/mol. The number of likely N-dealkylation sites (tertiary alicyclic amines) is 1. The first-order valence-corrected chi connectivity index (χ1v) is 11.6. The van der Waals surface area contributed by atoms with Crippen LogP contribution in [0.15, 0.2) is 40.2 Å². The van der Waals surface area contributed by atoms with E-state index in [2.05, 4.69) is 38.3 Å². The van der Waals surface area contributed by atoms with Gasteiger partial charge in [-0.2, -0.15) is 0 Å². The third kappa shape index (κ3) is 5.26. The number of nitrogens with one attached hydrogen (secondary N) is 1. The van der Waals surface area contributed by atoms with Crippen LogP contribution in [0.3, 0.4) is 0 Å². The molecule has 4 rings (SSSR count). The Morgan fingerprint density at radius 3 is 2.62 bits per heavy atom. The van der Waals surface area contributed by atoms with Gasteiger partial charge in [0.25, 0.3) is 0 Å². The van der Waals surface area contributed by atoms with E-state index in [0.29, 0.717) is 36.9 Å². The van der Waals surface area contributed by atoms with Crippen molar-refractivity contribution >= 4 is 33.2 Å². The van der Waals surface area contributed by atoms with Crippen molar-refractivity contribution < 1.29 is 13.9 Å². The second-order valence-corrected chi connectivity index (χ2v) is 10.6. The van der Waals surface area contributed by atoms with Crippen LogP contribution in [0.4, 0.5) is 4.39 Å². The normalized spacial score (nSPS) is 23.7. The third-order valence-corrected chi connectivity index (χ3v) is 7.72. The molecule has 0 radical (unpaired) electrons. The maximum absolute atomic E-state index is 15.2. The number of piperidine rings is 1. The Bertz CT molecular complexity index is 849. The van der Waals surface area contributed by atoms with Crippen molar-refractivity contribution in [3.05, 3.63) is 56.2 Å². The van der Waals surface area contributed by atoms with Gasteiger partial charge < -0.3 is 10.1 Å². The number of nitrogens with zero attached hydrogens (tertiary/aromatic N) is 1. The average molecular weight is 481 g/mol. The number of carbonyl (C=O) groups excluding carboxylic acids is 1. The van der Waals surface area contributed by atoms with Gasteiger partial charge in [-0.3, -0.25) is 4.90 Å². The van der Waals surface area contributed by atoms with E-state index in [1.807, 2.05) is 12.1 Å². The zero-order valence-corrected chi connectivity index (χ0v) is 18.9. The van der Waals surface area contributed by atoms with Crippen molar-refractivity contribution in [1.82, 2.24) is 10.2 Å². The van der Waals surface area contributed by atoms with E-state index in [9.17, 15) is 4.79 Å². The lowest BCUT2D eigenvalue weighted by Crippen LogP contribution is -2.47. The molecule has 1 aromatic heterocycles. The summed E-state index contributed by atoms with van der Waals surface area (Å²) in [5, 5.41) is 3.47. The number of ether oxygens (including phenoxy) is 1. The Hall–Kier alpha value is -1.28. The van der Waals surface area contributed by atoms with E-state index in [1.54, 1.807) is 23.5 Å². The summed E-state index contributed by atoms with van der Waals surface area (Å²) in [4.78, 5) is 15.2. The van der Waals surface area contributed by atoms with Crippen molar-refractivity contribution in [2.45, 2.75) is 43.4 Å². The van der Waals surface area contributed by atoms with Gasteiger partial charge in [-0.25, -0.2) is 9.18 Å². The number of rotatable bonds is 7. The molecule has 1 N–H and O–H groups in total. The maximum atomic E-state index is 15.2. The van der Waals surface area contributed by atoms with Crippen molar-refractivity contribution in [1.29, 1.82) is 0 Å². The fraction of sp³-hybridized carbons (Fsp3) is 0.500. The fourth-order valence-corrected chi connectivity index (χ4v) is 5.59. The van der Waals surface area contributed by atoms with Gasteiger partial charge >= 0.3 is 5.97 Å². The number of thiophene rings is 1. The standard InChI is InChI=1S/C22H26BrFN2O2S/c1-28-21(27)16-4-2-15(3-5-16)13-26-10-8-22(24,9-11-26)14-25-18-12-17(18)19-6-7-20(23)29-19/h2-7,17-18,25H,8-14H2,1H3. The summed E-state index contributed by atoms with van der Waals surface area (Å²) in [6.07, 6.45) is 2.22. The van der Waals surface area contributed by atoms with Crippen LogP contribution in [-0.4, -0.2) is 49.3 Å². The van der Waals surface area contributed by atoms with Gasteiger partial charge in [0.2, 0.25) is 0 Å². The topological polar surface area (TPSA) is 41.6 Å². The molecule has 1 aliphatic carbocycles. The second kappa shape index (κ2) is 8.84. The summed E-state index contributed by atoms with van der Waals surface area (Å²) < 4.78 is 21.1. The molecule has 2 atom stereocenters. The molecule has 1 saturated carbocycles. The number of benzene rings is 1. The van der Waals surface area contributed by atoms with Gasteiger partial charge in [-0.05, 0) is 65.0 Å². The molecule has 2 fully saturated rings. The molecular formula is C22H26BrFN2O2S. The second-order valence-electron chi connectivity index (χ2n) is 8.09. The van der Waals surface area contributed by atoms with Crippen LogP contribution < -0.4 is 5.32 Å². The first-order chi connectivity index (χ1) is 14.0. The minimum Gasteiger partial charge on any atom is -0.465 e. The largest absolute Gasteiger partial charge is 0.465 e. The molecule has 1 aliphatic heterocycles. The lowest BCUT2D eigenvalue weighted by Gasteiger charge is -2.36. The molecule has 156 valence electrons. The van der Waals surface area contributed by atoms with Gasteiger partial charge in [0.05, 0.1) is 16.5 Å². The van der Waals surface area contributed by atoms with Gasteiger partial charge in [0.15, 0.2) is 0 Å². The molecule has 2 aromatic rings. The molecule has 2 aliphatic rings. The number of methoxy groups -OCH3 is 1. The Kier molecular flexibility index (Phi) is 6.39. The highest BCUT2D eigenvalue weighted by atomic mass is 79.9. The number of hydrogen-bond acceptors (Lipinski definition) is 5. The molecule has 1 saturated heterocycles. The molecule has 0 bridgehead atoms. The zero-order valence-electron chi connectivity index (χ0n) is 16.5. The van der Waals surface area contributed by atoms with E-state index in [-0.39, 0.29) is 5.97 Å². The number of carbonyl (C=O) groups is 1. The van der Waals surface area contributed by atoms with Crippen molar-refractivity contribution in [2.24, 2.45) is 0 Å². The lowest BCUT2D eigenvalue weighted by molar-refractivity contribution is 0.0543. The zero-order chi connectivity index (χ0) is 20.4. The summed E-state index contributed by atoms with van der Waals surface area (Å²) in [6.45, 7) is 2.73. The highest BCUT2D eigenvalue weighted by Crippen LogP contribution is 2.45.